The molecule has 1 fully saturated rings. The van der Waals surface area contributed by atoms with E-state index in [2.05, 4.69) is 17.4 Å². The molecular weight excluding hydrogens is 465 g/mol. The van der Waals surface area contributed by atoms with Crippen LogP contribution < -0.4 is 10.9 Å². The number of hydrogen-bond donors (Lipinski definition) is 2. The van der Waals surface area contributed by atoms with Crippen LogP contribution in [0.1, 0.15) is 43.5 Å². The fourth-order valence-corrected chi connectivity index (χ4v) is 4.14. The van der Waals surface area contributed by atoms with E-state index in [9.17, 15) is 14.4 Å². The Morgan fingerprint density at radius 1 is 1.12 bits per heavy atom. The highest BCUT2D eigenvalue weighted by molar-refractivity contribution is 6.30. The van der Waals surface area contributed by atoms with E-state index in [0.29, 0.717) is 10.0 Å². The number of nitrogens with zero attached hydrogens (tertiary/aromatic N) is 1. The van der Waals surface area contributed by atoms with Crippen LogP contribution in [0.4, 0.5) is 0 Å². The number of morpholine rings is 1. The van der Waals surface area contributed by atoms with Crippen LogP contribution in [0.2, 0.25) is 10.0 Å². The molecule has 1 saturated heterocycles. The molecule has 2 aromatic carbocycles. The molecule has 0 aliphatic carbocycles. The molecule has 3 amide bonds. The zero-order valence-corrected chi connectivity index (χ0v) is 19.8. The first-order valence-corrected chi connectivity index (χ1v) is 11.1. The molecule has 0 spiro atoms. The van der Waals surface area contributed by atoms with Crippen molar-refractivity contribution in [2.24, 2.45) is 0 Å². The summed E-state index contributed by atoms with van der Waals surface area (Å²) in [5, 5.41) is 1.06. The summed E-state index contributed by atoms with van der Waals surface area (Å²) in [5.41, 5.74) is 6.11. The van der Waals surface area contributed by atoms with Crippen LogP contribution in [-0.4, -0.2) is 34.8 Å². The minimum Gasteiger partial charge on any atom is -0.358 e. The standard InChI is InChI=1S/C24H25Cl2N3O4/c1-4-6-20-24(32)29(14(2)23(31)28-27-15(3)30)21(16-9-11-18(25)12-10-16)22(33-20)17-7-5-8-19(26)13-17/h4-5,7-14,20-22H,1,6H2,2-3H3,(H,27,30)(H,28,31)/t14-,20+,21-,22+/m1/s1. The van der Waals surface area contributed by atoms with Gasteiger partial charge in [0.25, 0.3) is 11.8 Å². The van der Waals surface area contributed by atoms with Gasteiger partial charge < -0.3 is 9.64 Å². The van der Waals surface area contributed by atoms with Gasteiger partial charge >= 0.3 is 0 Å². The van der Waals surface area contributed by atoms with Gasteiger partial charge in [0.2, 0.25) is 5.91 Å². The van der Waals surface area contributed by atoms with Gasteiger partial charge in [0.15, 0.2) is 0 Å². The number of carbonyl (C=O) groups is 3. The molecule has 0 saturated carbocycles. The summed E-state index contributed by atoms with van der Waals surface area (Å²) in [4.78, 5) is 39.2. The highest BCUT2D eigenvalue weighted by Crippen LogP contribution is 2.44. The molecular formula is C24H25Cl2N3O4. The molecule has 1 aliphatic heterocycles. The smallest absolute Gasteiger partial charge is 0.260 e. The van der Waals surface area contributed by atoms with Gasteiger partial charge in [0.1, 0.15) is 18.2 Å². The normalized spacial score (nSPS) is 21.3. The zero-order valence-electron chi connectivity index (χ0n) is 18.3. The number of halogens is 2. The number of amides is 3. The van der Waals surface area contributed by atoms with Gasteiger partial charge in [0.05, 0.1) is 6.04 Å². The molecule has 2 N–H and O–H groups in total. The molecule has 3 rings (SSSR count). The van der Waals surface area contributed by atoms with Crippen LogP contribution in [0, 0.1) is 0 Å². The van der Waals surface area contributed by atoms with Crippen LogP contribution in [0.3, 0.4) is 0 Å². The minimum absolute atomic E-state index is 0.264. The average molecular weight is 490 g/mol. The van der Waals surface area contributed by atoms with Crippen LogP contribution in [-0.2, 0) is 19.1 Å². The minimum atomic E-state index is -0.928. The van der Waals surface area contributed by atoms with Crippen LogP contribution in [0.25, 0.3) is 0 Å². The maximum atomic E-state index is 13.5. The Balaban J connectivity index is 2.11. The quantitative estimate of drug-likeness (QED) is 0.471. The van der Waals surface area contributed by atoms with Gasteiger partial charge in [-0.25, -0.2) is 0 Å². The number of hydrazine groups is 1. The predicted molar refractivity (Wildman–Crippen MR) is 126 cm³/mol. The van der Waals surface area contributed by atoms with E-state index in [0.717, 1.165) is 11.1 Å². The summed E-state index contributed by atoms with van der Waals surface area (Å²) >= 11 is 12.3. The maximum Gasteiger partial charge on any atom is 0.260 e. The van der Waals surface area contributed by atoms with Gasteiger partial charge in [0, 0.05) is 23.4 Å². The molecule has 4 atom stereocenters. The second kappa shape index (κ2) is 10.8. The van der Waals surface area contributed by atoms with Crippen molar-refractivity contribution in [3.8, 4) is 0 Å². The third-order valence-electron chi connectivity index (χ3n) is 5.36. The Kier molecular flexibility index (Phi) is 8.13. The molecule has 1 heterocycles. The molecule has 0 radical (unpaired) electrons. The first-order chi connectivity index (χ1) is 15.7. The Morgan fingerprint density at radius 3 is 2.42 bits per heavy atom. The molecule has 33 heavy (non-hydrogen) atoms. The summed E-state index contributed by atoms with van der Waals surface area (Å²) in [6, 6.07) is 12.6. The monoisotopic (exact) mass is 489 g/mol. The summed E-state index contributed by atoms with van der Waals surface area (Å²) in [6.45, 7) is 6.60. The van der Waals surface area contributed by atoms with E-state index in [1.54, 1.807) is 55.5 Å². The number of benzene rings is 2. The number of rotatable bonds is 6. The predicted octanol–water partition coefficient (Wildman–Crippen LogP) is 4.14. The largest absolute Gasteiger partial charge is 0.358 e. The van der Waals surface area contributed by atoms with Crippen molar-refractivity contribution < 1.29 is 19.1 Å². The summed E-state index contributed by atoms with van der Waals surface area (Å²) in [7, 11) is 0. The third kappa shape index (κ3) is 5.74. The Labute approximate surface area is 202 Å². The Morgan fingerprint density at radius 2 is 1.82 bits per heavy atom. The van der Waals surface area contributed by atoms with Crippen molar-refractivity contribution >= 4 is 40.9 Å². The van der Waals surface area contributed by atoms with E-state index >= 15 is 0 Å². The van der Waals surface area contributed by atoms with Gasteiger partial charge in [-0.05, 0) is 42.3 Å². The fraction of sp³-hybridized carbons (Fsp3) is 0.292. The van der Waals surface area contributed by atoms with E-state index < -0.39 is 36.1 Å². The van der Waals surface area contributed by atoms with Gasteiger partial charge in [-0.2, -0.15) is 0 Å². The molecule has 0 unspecified atom stereocenters. The highest BCUT2D eigenvalue weighted by atomic mass is 35.5. The lowest BCUT2D eigenvalue weighted by Gasteiger charge is -2.46. The number of nitrogens with one attached hydrogen (secondary N) is 2. The second-order valence-electron chi connectivity index (χ2n) is 7.71. The molecule has 0 bridgehead atoms. The summed E-state index contributed by atoms with van der Waals surface area (Å²) < 4.78 is 6.28. The van der Waals surface area contributed by atoms with Crippen molar-refractivity contribution in [2.45, 2.75) is 44.6 Å². The lowest BCUT2D eigenvalue weighted by molar-refractivity contribution is -0.180. The van der Waals surface area contributed by atoms with Gasteiger partial charge in [-0.1, -0.05) is 53.5 Å². The topological polar surface area (TPSA) is 87.7 Å². The molecule has 174 valence electrons. The highest BCUT2D eigenvalue weighted by Gasteiger charge is 2.47. The maximum absolute atomic E-state index is 13.5. The van der Waals surface area contributed by atoms with Crippen molar-refractivity contribution in [3.63, 3.8) is 0 Å². The van der Waals surface area contributed by atoms with Crippen molar-refractivity contribution in [3.05, 3.63) is 82.4 Å². The summed E-state index contributed by atoms with van der Waals surface area (Å²) in [6.07, 6.45) is 0.398. The van der Waals surface area contributed by atoms with E-state index in [1.165, 1.54) is 11.8 Å². The molecule has 7 nitrogen and oxygen atoms in total. The second-order valence-corrected chi connectivity index (χ2v) is 8.59. The third-order valence-corrected chi connectivity index (χ3v) is 5.84. The number of hydrogen-bond acceptors (Lipinski definition) is 4. The molecule has 9 heteroatoms. The van der Waals surface area contributed by atoms with Gasteiger partial charge in [-0.3, -0.25) is 25.2 Å². The lowest BCUT2D eigenvalue weighted by Crippen LogP contribution is -2.59. The first kappa shape index (κ1) is 24.8. The average Bonchev–Trinajstić information content (AvgIpc) is 2.78. The Bertz CT molecular complexity index is 1040. The van der Waals surface area contributed by atoms with Crippen molar-refractivity contribution in [1.82, 2.24) is 15.8 Å². The first-order valence-electron chi connectivity index (χ1n) is 10.4. The SMILES string of the molecule is C=CC[C@@H]1O[C@@H](c2cccc(Cl)c2)[C@@H](c2ccc(Cl)cc2)N([C@H](C)C(=O)NNC(C)=O)C1=O. The zero-order chi connectivity index (χ0) is 24.1. The number of carbonyl (C=O) groups excluding carboxylic acids is 3. The molecule has 2 aromatic rings. The van der Waals surface area contributed by atoms with Crippen molar-refractivity contribution in [1.29, 1.82) is 0 Å². The van der Waals surface area contributed by atoms with Crippen LogP contribution in [0.15, 0.2) is 61.2 Å². The van der Waals surface area contributed by atoms with Crippen LogP contribution >= 0.6 is 23.2 Å². The number of ether oxygens (including phenoxy) is 1. The molecule has 0 aromatic heterocycles. The van der Waals surface area contributed by atoms with E-state index in [4.69, 9.17) is 27.9 Å². The fourth-order valence-electron chi connectivity index (χ4n) is 3.82. The van der Waals surface area contributed by atoms with E-state index in [-0.39, 0.29) is 12.3 Å². The summed E-state index contributed by atoms with van der Waals surface area (Å²) in [5.74, 6) is -1.33. The van der Waals surface area contributed by atoms with Crippen LogP contribution in [0.5, 0.6) is 0 Å². The van der Waals surface area contributed by atoms with E-state index in [1.807, 2.05) is 6.07 Å². The van der Waals surface area contributed by atoms with Crippen molar-refractivity contribution in [2.75, 3.05) is 0 Å². The lowest BCUT2D eigenvalue weighted by atomic mass is 9.90. The van der Waals surface area contributed by atoms with Gasteiger partial charge in [-0.15, -0.1) is 6.58 Å². The Hall–Kier alpha value is -2.87. The molecule has 1 aliphatic rings.